The van der Waals surface area contributed by atoms with E-state index in [9.17, 15) is 8.78 Å². The SMILES string of the molecule is COc1cc(F)c(CCN(C)CS)cc1F. The van der Waals surface area contributed by atoms with Crippen molar-refractivity contribution in [1.82, 2.24) is 4.90 Å². The van der Waals surface area contributed by atoms with Crippen LogP contribution < -0.4 is 4.74 Å². The first-order valence-electron chi connectivity index (χ1n) is 4.89. The maximum atomic E-state index is 13.5. The molecule has 0 spiro atoms. The van der Waals surface area contributed by atoms with Crippen LogP contribution in [0.2, 0.25) is 0 Å². The molecule has 0 saturated heterocycles. The van der Waals surface area contributed by atoms with Crippen LogP contribution in [0.3, 0.4) is 0 Å². The standard InChI is InChI=1S/C11H15F2NOS/c1-14(7-16)4-3-8-5-10(13)11(15-2)6-9(8)12/h5-6,16H,3-4,7H2,1-2H3. The van der Waals surface area contributed by atoms with Gasteiger partial charge in [0.05, 0.1) is 7.11 Å². The average molecular weight is 247 g/mol. The summed E-state index contributed by atoms with van der Waals surface area (Å²) in [5.74, 6) is -0.456. The zero-order valence-corrected chi connectivity index (χ0v) is 10.2. The van der Waals surface area contributed by atoms with Crippen molar-refractivity contribution < 1.29 is 13.5 Å². The molecule has 16 heavy (non-hydrogen) atoms. The zero-order valence-electron chi connectivity index (χ0n) is 9.33. The van der Waals surface area contributed by atoms with Gasteiger partial charge < -0.3 is 4.74 Å². The van der Waals surface area contributed by atoms with Crippen molar-refractivity contribution in [2.24, 2.45) is 0 Å². The summed E-state index contributed by atoms with van der Waals surface area (Å²) in [5.41, 5.74) is 0.354. The highest BCUT2D eigenvalue weighted by Gasteiger charge is 2.10. The second kappa shape index (κ2) is 6.06. The van der Waals surface area contributed by atoms with Gasteiger partial charge in [0.2, 0.25) is 0 Å². The van der Waals surface area contributed by atoms with Gasteiger partial charge in [-0.1, -0.05) is 0 Å². The summed E-state index contributed by atoms with van der Waals surface area (Å²) in [6.45, 7) is 0.631. The molecular weight excluding hydrogens is 232 g/mol. The maximum absolute atomic E-state index is 13.5. The highest BCUT2D eigenvalue weighted by atomic mass is 32.1. The third-order valence-corrected chi connectivity index (χ3v) is 2.81. The highest BCUT2D eigenvalue weighted by molar-refractivity contribution is 7.80. The largest absolute Gasteiger partial charge is 0.494 e. The predicted molar refractivity (Wildman–Crippen MR) is 63.1 cm³/mol. The summed E-state index contributed by atoms with van der Waals surface area (Å²) in [4.78, 5) is 1.91. The van der Waals surface area contributed by atoms with Crippen LogP contribution in [0.5, 0.6) is 5.75 Å². The number of thiol groups is 1. The third kappa shape index (κ3) is 3.35. The van der Waals surface area contributed by atoms with Crippen molar-refractivity contribution in [2.75, 3.05) is 26.6 Å². The topological polar surface area (TPSA) is 12.5 Å². The molecule has 0 fully saturated rings. The van der Waals surface area contributed by atoms with Gasteiger partial charge in [0.1, 0.15) is 5.82 Å². The van der Waals surface area contributed by atoms with Gasteiger partial charge in [0, 0.05) is 18.5 Å². The first-order valence-corrected chi connectivity index (χ1v) is 5.53. The molecule has 5 heteroatoms. The van der Waals surface area contributed by atoms with Crippen molar-refractivity contribution in [3.05, 3.63) is 29.3 Å². The van der Waals surface area contributed by atoms with E-state index < -0.39 is 11.6 Å². The Bertz CT molecular complexity index is 360. The molecule has 0 aliphatic carbocycles. The van der Waals surface area contributed by atoms with Crippen LogP contribution in [0, 0.1) is 11.6 Å². The quantitative estimate of drug-likeness (QED) is 0.633. The monoisotopic (exact) mass is 247 g/mol. The molecule has 0 radical (unpaired) electrons. The van der Waals surface area contributed by atoms with E-state index in [2.05, 4.69) is 17.4 Å². The molecule has 1 aromatic rings. The van der Waals surface area contributed by atoms with Gasteiger partial charge in [-0.25, -0.2) is 8.78 Å². The number of likely N-dealkylation sites (N-methyl/N-ethyl adjacent to an activating group) is 1. The molecule has 0 saturated carbocycles. The maximum Gasteiger partial charge on any atom is 0.165 e. The van der Waals surface area contributed by atoms with E-state index in [-0.39, 0.29) is 5.75 Å². The Labute approximate surface area is 99.6 Å². The van der Waals surface area contributed by atoms with Gasteiger partial charge in [-0.2, -0.15) is 12.6 Å². The fraction of sp³-hybridized carbons (Fsp3) is 0.455. The molecule has 0 amide bonds. The molecule has 90 valence electrons. The Balaban J connectivity index is 2.77. The first-order chi connectivity index (χ1) is 7.58. The van der Waals surface area contributed by atoms with Crippen LogP contribution in [0.15, 0.2) is 12.1 Å². The fourth-order valence-corrected chi connectivity index (χ4v) is 1.44. The van der Waals surface area contributed by atoms with Gasteiger partial charge in [-0.05, 0) is 25.1 Å². The number of halogens is 2. The fourth-order valence-electron chi connectivity index (χ4n) is 1.30. The summed E-state index contributed by atoms with van der Waals surface area (Å²) >= 11 is 4.08. The van der Waals surface area contributed by atoms with E-state index in [0.717, 1.165) is 6.07 Å². The second-order valence-electron chi connectivity index (χ2n) is 3.55. The first kappa shape index (κ1) is 13.3. The van der Waals surface area contributed by atoms with Crippen LogP contribution in [-0.2, 0) is 6.42 Å². The van der Waals surface area contributed by atoms with Gasteiger partial charge in [-0.15, -0.1) is 0 Å². The van der Waals surface area contributed by atoms with Crippen LogP contribution in [0.25, 0.3) is 0 Å². The molecule has 0 unspecified atom stereocenters. The Morgan fingerprint density at radius 1 is 1.31 bits per heavy atom. The van der Waals surface area contributed by atoms with Gasteiger partial charge in [0.15, 0.2) is 11.6 Å². The van der Waals surface area contributed by atoms with Crippen LogP contribution >= 0.6 is 12.6 Å². The van der Waals surface area contributed by atoms with Gasteiger partial charge in [-0.3, -0.25) is 4.90 Å². The lowest BCUT2D eigenvalue weighted by molar-refractivity contribution is 0.377. The number of rotatable bonds is 5. The van der Waals surface area contributed by atoms with Crippen molar-refractivity contribution in [2.45, 2.75) is 6.42 Å². The van der Waals surface area contributed by atoms with E-state index in [1.807, 2.05) is 11.9 Å². The van der Waals surface area contributed by atoms with Gasteiger partial charge in [0.25, 0.3) is 0 Å². The Hall–Kier alpha value is -0.810. The van der Waals surface area contributed by atoms with E-state index in [4.69, 9.17) is 0 Å². The van der Waals surface area contributed by atoms with Crippen LogP contribution in [-0.4, -0.2) is 31.5 Å². The summed E-state index contributed by atoms with van der Waals surface area (Å²) in [6.07, 6.45) is 0.448. The van der Waals surface area contributed by atoms with E-state index >= 15 is 0 Å². The lowest BCUT2D eigenvalue weighted by Gasteiger charge is -2.13. The summed E-state index contributed by atoms with van der Waals surface area (Å²) < 4.78 is 31.5. The smallest absolute Gasteiger partial charge is 0.165 e. The molecule has 2 nitrogen and oxygen atoms in total. The minimum absolute atomic E-state index is 0.0659. The molecule has 0 bridgehead atoms. The summed E-state index contributed by atoms with van der Waals surface area (Å²) in [6, 6.07) is 2.26. The second-order valence-corrected chi connectivity index (χ2v) is 3.83. The lowest BCUT2D eigenvalue weighted by Crippen LogP contribution is -2.19. The molecular formula is C11H15F2NOS. The molecule has 0 aliphatic heterocycles. The third-order valence-electron chi connectivity index (χ3n) is 2.33. The molecule has 0 atom stereocenters. The summed E-state index contributed by atoms with van der Waals surface area (Å²) in [7, 11) is 3.18. The number of hydrogen-bond acceptors (Lipinski definition) is 3. The van der Waals surface area contributed by atoms with Crippen molar-refractivity contribution >= 4 is 12.6 Å². The lowest BCUT2D eigenvalue weighted by atomic mass is 10.1. The predicted octanol–water partition coefficient (Wildman–Crippen LogP) is 2.33. The molecule has 1 aromatic carbocycles. The molecule has 0 aliphatic rings. The van der Waals surface area contributed by atoms with E-state index in [0.29, 0.717) is 24.4 Å². The number of hydrogen-bond donors (Lipinski definition) is 1. The Kier molecular flexibility index (Phi) is 5.02. The van der Waals surface area contributed by atoms with Crippen LogP contribution in [0.1, 0.15) is 5.56 Å². The summed E-state index contributed by atoms with van der Waals surface area (Å²) in [5, 5.41) is 0. The Morgan fingerprint density at radius 2 is 2.00 bits per heavy atom. The van der Waals surface area contributed by atoms with Gasteiger partial charge >= 0.3 is 0 Å². The zero-order chi connectivity index (χ0) is 12.1. The minimum atomic E-state index is -0.535. The van der Waals surface area contributed by atoms with E-state index in [1.54, 1.807) is 0 Å². The van der Waals surface area contributed by atoms with E-state index in [1.165, 1.54) is 13.2 Å². The van der Waals surface area contributed by atoms with Crippen LogP contribution in [0.4, 0.5) is 8.78 Å². The van der Waals surface area contributed by atoms with Crippen molar-refractivity contribution in [1.29, 1.82) is 0 Å². The highest BCUT2D eigenvalue weighted by Crippen LogP contribution is 2.21. The molecule has 1 rings (SSSR count). The number of benzene rings is 1. The normalized spacial score (nSPS) is 10.9. The number of ether oxygens (including phenoxy) is 1. The molecule has 0 N–H and O–H groups in total. The number of nitrogens with zero attached hydrogens (tertiary/aromatic N) is 1. The number of methoxy groups -OCH3 is 1. The average Bonchev–Trinajstić information content (AvgIpc) is 2.29. The Morgan fingerprint density at radius 3 is 2.56 bits per heavy atom. The molecule has 0 heterocycles. The minimum Gasteiger partial charge on any atom is -0.494 e. The van der Waals surface area contributed by atoms with Crippen molar-refractivity contribution in [3.8, 4) is 5.75 Å². The van der Waals surface area contributed by atoms with Crippen molar-refractivity contribution in [3.63, 3.8) is 0 Å². The molecule has 0 aromatic heterocycles.